The van der Waals surface area contributed by atoms with Crippen LogP contribution in [0.1, 0.15) is 71.3 Å². The highest BCUT2D eigenvalue weighted by Gasteiger charge is 2.43. The van der Waals surface area contributed by atoms with Gasteiger partial charge in [0.15, 0.2) is 0 Å². The number of hydrogen-bond acceptors (Lipinski definition) is 6. The van der Waals surface area contributed by atoms with Crippen LogP contribution in [0, 0.1) is 0 Å². The summed E-state index contributed by atoms with van der Waals surface area (Å²) >= 11 is 0. The Kier molecular flexibility index (Phi) is 7.69. The highest BCUT2D eigenvalue weighted by Crippen LogP contribution is 2.32. The number of carbonyl (C=O) groups excluding carboxylic acids is 3. The van der Waals surface area contributed by atoms with Crippen LogP contribution in [-0.2, 0) is 24.4 Å². The Balaban J connectivity index is 3.23. The summed E-state index contributed by atoms with van der Waals surface area (Å²) < 4.78 is 15.8. The predicted molar refractivity (Wildman–Crippen MR) is 114 cm³/mol. The van der Waals surface area contributed by atoms with Crippen molar-refractivity contribution in [2.75, 3.05) is 14.2 Å². The van der Waals surface area contributed by atoms with Gasteiger partial charge in [0.1, 0.15) is 17.2 Å². The molecule has 168 valence electrons. The lowest BCUT2D eigenvalue weighted by molar-refractivity contribution is -0.148. The zero-order valence-electron chi connectivity index (χ0n) is 19.8. The highest BCUT2D eigenvalue weighted by molar-refractivity contribution is 5.90. The Hall–Kier alpha value is -2.57. The lowest BCUT2D eigenvalue weighted by Crippen LogP contribution is -2.54. The Bertz CT molecular complexity index is 768. The van der Waals surface area contributed by atoms with Gasteiger partial charge < -0.3 is 14.2 Å². The quantitative estimate of drug-likeness (QED) is 0.520. The fraction of sp³-hybridized carbons (Fsp3) is 0.609. The maximum absolute atomic E-state index is 12.6. The topological polar surface area (TPSA) is 82.1 Å². The van der Waals surface area contributed by atoms with Crippen molar-refractivity contribution in [3.8, 4) is 0 Å². The molecule has 1 amide bonds. The fourth-order valence-corrected chi connectivity index (χ4v) is 3.02. The third-order valence-electron chi connectivity index (χ3n) is 4.44. The smallest absolute Gasteiger partial charge is 0.410 e. The first kappa shape index (κ1) is 25.5. The third-order valence-corrected chi connectivity index (χ3v) is 4.44. The summed E-state index contributed by atoms with van der Waals surface area (Å²) in [7, 11) is 2.78. The van der Waals surface area contributed by atoms with Crippen LogP contribution < -0.4 is 0 Å². The standard InChI is InChI=1S/C23H35NO6/c1-21(2,3)29-18(25)15-11-13-16(14-12-15)23(7,8)17(19(26)28-10)24(9)20(27)30-22(4,5)6/h11-14,17H,1-10H3/t17-/m1/s1. The Morgan fingerprint density at radius 3 is 1.70 bits per heavy atom. The zero-order valence-corrected chi connectivity index (χ0v) is 19.8. The van der Waals surface area contributed by atoms with Gasteiger partial charge in [0, 0.05) is 12.5 Å². The van der Waals surface area contributed by atoms with Crippen LogP contribution in [0.25, 0.3) is 0 Å². The molecule has 7 nitrogen and oxygen atoms in total. The number of ether oxygens (including phenoxy) is 3. The summed E-state index contributed by atoms with van der Waals surface area (Å²) in [6, 6.07) is 5.85. The van der Waals surface area contributed by atoms with Crippen molar-refractivity contribution in [3.63, 3.8) is 0 Å². The van der Waals surface area contributed by atoms with Crippen LogP contribution in [0.15, 0.2) is 24.3 Å². The molecule has 0 aliphatic rings. The molecule has 1 aromatic rings. The van der Waals surface area contributed by atoms with Gasteiger partial charge in [-0.1, -0.05) is 26.0 Å². The van der Waals surface area contributed by atoms with Gasteiger partial charge in [-0.2, -0.15) is 0 Å². The Morgan fingerprint density at radius 1 is 0.833 bits per heavy atom. The predicted octanol–water partition coefficient (Wildman–Crippen LogP) is 4.33. The zero-order chi connectivity index (χ0) is 23.5. The van der Waals surface area contributed by atoms with Crippen molar-refractivity contribution in [3.05, 3.63) is 35.4 Å². The minimum Gasteiger partial charge on any atom is -0.467 e. The average molecular weight is 422 g/mol. The maximum atomic E-state index is 12.6. The minimum atomic E-state index is -0.940. The van der Waals surface area contributed by atoms with E-state index in [9.17, 15) is 14.4 Å². The number of rotatable bonds is 5. The largest absolute Gasteiger partial charge is 0.467 e. The van der Waals surface area contributed by atoms with E-state index >= 15 is 0 Å². The average Bonchev–Trinajstić information content (AvgIpc) is 2.58. The molecule has 0 aliphatic carbocycles. The van der Waals surface area contributed by atoms with E-state index in [1.807, 2.05) is 13.8 Å². The normalized spacial score (nSPS) is 13.3. The summed E-state index contributed by atoms with van der Waals surface area (Å²) in [5.41, 5.74) is -0.974. The minimum absolute atomic E-state index is 0.402. The fourth-order valence-electron chi connectivity index (χ4n) is 3.02. The molecule has 0 saturated carbocycles. The molecule has 1 rings (SSSR count). The van der Waals surface area contributed by atoms with E-state index in [1.165, 1.54) is 19.1 Å². The van der Waals surface area contributed by atoms with E-state index in [4.69, 9.17) is 14.2 Å². The molecule has 1 atom stereocenters. The number of amides is 1. The van der Waals surface area contributed by atoms with Crippen molar-refractivity contribution in [1.82, 2.24) is 4.90 Å². The molecule has 0 aliphatic heterocycles. The third kappa shape index (κ3) is 6.75. The second kappa shape index (κ2) is 9.06. The molecule has 1 aromatic carbocycles. The molecule has 0 aromatic heterocycles. The van der Waals surface area contributed by atoms with Crippen molar-refractivity contribution in [1.29, 1.82) is 0 Å². The molecule has 0 radical (unpaired) electrons. The number of esters is 2. The van der Waals surface area contributed by atoms with Crippen molar-refractivity contribution < 1.29 is 28.6 Å². The first-order chi connectivity index (χ1) is 13.5. The van der Waals surface area contributed by atoms with E-state index in [2.05, 4.69) is 0 Å². The first-order valence-corrected chi connectivity index (χ1v) is 9.87. The van der Waals surface area contributed by atoms with Crippen LogP contribution in [0.2, 0.25) is 0 Å². The highest BCUT2D eigenvalue weighted by atomic mass is 16.6. The summed E-state index contributed by atoms with van der Waals surface area (Å²) in [5, 5.41) is 0. The van der Waals surface area contributed by atoms with Crippen molar-refractivity contribution in [2.45, 2.75) is 78.0 Å². The summed E-state index contributed by atoms with van der Waals surface area (Å²) in [6.45, 7) is 14.3. The molecule has 0 unspecified atom stereocenters. The molecule has 7 heteroatoms. The number of methoxy groups -OCH3 is 1. The van der Waals surface area contributed by atoms with Gasteiger partial charge in [-0.05, 0) is 59.2 Å². The van der Waals surface area contributed by atoms with Gasteiger partial charge in [-0.15, -0.1) is 0 Å². The Labute approximate surface area is 179 Å². The van der Waals surface area contributed by atoms with Crippen LogP contribution in [0.5, 0.6) is 0 Å². The lowest BCUT2D eigenvalue weighted by atomic mass is 9.77. The number of nitrogens with zero attached hydrogens (tertiary/aromatic N) is 1. The summed E-state index contributed by atoms with van der Waals surface area (Å²) in [6.07, 6.45) is -0.628. The van der Waals surface area contributed by atoms with Gasteiger partial charge in [-0.25, -0.2) is 14.4 Å². The molecular weight excluding hydrogens is 386 g/mol. The van der Waals surface area contributed by atoms with E-state index < -0.39 is 40.7 Å². The number of benzene rings is 1. The molecular formula is C23H35NO6. The SMILES string of the molecule is COC(=O)[C@@H](N(C)C(=O)OC(C)(C)C)C(C)(C)c1ccc(C(=O)OC(C)(C)C)cc1. The second-order valence-electron chi connectivity index (χ2n) is 9.82. The van der Waals surface area contributed by atoms with E-state index in [0.29, 0.717) is 5.56 Å². The number of carbonyl (C=O) groups is 3. The first-order valence-electron chi connectivity index (χ1n) is 9.87. The number of likely N-dealkylation sites (N-methyl/N-ethyl adjacent to an activating group) is 1. The van der Waals surface area contributed by atoms with Crippen LogP contribution >= 0.6 is 0 Å². The molecule has 30 heavy (non-hydrogen) atoms. The molecule has 0 fully saturated rings. The molecule has 0 saturated heterocycles. The van der Waals surface area contributed by atoms with Gasteiger partial charge in [0.25, 0.3) is 0 Å². The molecule has 0 heterocycles. The maximum Gasteiger partial charge on any atom is 0.410 e. The molecule has 0 bridgehead atoms. The van der Waals surface area contributed by atoms with Gasteiger partial charge in [0.05, 0.1) is 12.7 Å². The lowest BCUT2D eigenvalue weighted by Gasteiger charge is -2.39. The van der Waals surface area contributed by atoms with E-state index in [0.717, 1.165) is 5.56 Å². The van der Waals surface area contributed by atoms with Crippen LogP contribution in [0.4, 0.5) is 4.79 Å². The molecule has 0 N–H and O–H groups in total. The van der Waals surface area contributed by atoms with E-state index in [1.54, 1.807) is 65.8 Å². The molecule has 0 spiro atoms. The van der Waals surface area contributed by atoms with Crippen molar-refractivity contribution >= 4 is 18.0 Å². The van der Waals surface area contributed by atoms with Crippen LogP contribution in [-0.4, -0.2) is 54.3 Å². The van der Waals surface area contributed by atoms with Gasteiger partial charge in [-0.3, -0.25) is 4.90 Å². The Morgan fingerprint density at radius 2 is 1.30 bits per heavy atom. The second-order valence-corrected chi connectivity index (χ2v) is 9.82. The summed E-state index contributed by atoms with van der Waals surface area (Å²) in [5.74, 6) is -0.994. The van der Waals surface area contributed by atoms with Crippen LogP contribution in [0.3, 0.4) is 0 Å². The van der Waals surface area contributed by atoms with Gasteiger partial charge >= 0.3 is 18.0 Å². The van der Waals surface area contributed by atoms with E-state index in [-0.39, 0.29) is 0 Å². The summed E-state index contributed by atoms with van der Waals surface area (Å²) in [4.78, 5) is 38.8. The number of hydrogen-bond donors (Lipinski definition) is 0. The van der Waals surface area contributed by atoms with Crippen molar-refractivity contribution in [2.24, 2.45) is 0 Å². The monoisotopic (exact) mass is 421 g/mol. The van der Waals surface area contributed by atoms with Gasteiger partial charge in [0.2, 0.25) is 0 Å².